The molecule has 0 aliphatic rings. The maximum absolute atomic E-state index is 12.6. The third-order valence-corrected chi connectivity index (χ3v) is 2.36. The van der Waals surface area contributed by atoms with Gasteiger partial charge >= 0.3 is 32.0 Å². The summed E-state index contributed by atoms with van der Waals surface area (Å²) in [6, 6.07) is 0. The van der Waals surface area contributed by atoms with E-state index in [2.05, 4.69) is 9.05 Å². The molecule has 0 amide bonds. The highest BCUT2D eigenvalue weighted by molar-refractivity contribution is 7.48. The molecule has 0 saturated heterocycles. The van der Waals surface area contributed by atoms with E-state index in [0.29, 0.717) is 0 Å². The van der Waals surface area contributed by atoms with Crippen molar-refractivity contribution in [3.8, 4) is 0 Å². The van der Waals surface area contributed by atoms with E-state index in [1.807, 2.05) is 0 Å². The van der Waals surface area contributed by atoms with Crippen LogP contribution in [0.4, 0.5) is 39.3 Å². The van der Waals surface area contributed by atoms with Gasteiger partial charge in [0.05, 0.1) is 0 Å². The Labute approximate surface area is 99.9 Å². The molecular formula is C6H6F9O3P. The number of hydrogen-bond acceptors (Lipinski definition) is 3. The molecule has 19 heavy (non-hydrogen) atoms. The van der Waals surface area contributed by atoms with Crippen LogP contribution in [0.25, 0.3) is 0 Å². The second-order valence-electron chi connectivity index (χ2n) is 3.42. The predicted molar refractivity (Wildman–Crippen MR) is 42.0 cm³/mol. The van der Waals surface area contributed by atoms with Gasteiger partial charge in [-0.25, -0.2) is 13.6 Å². The van der Waals surface area contributed by atoms with E-state index in [-0.39, 0.29) is 0 Å². The maximum Gasteiger partial charge on any atom is 0.523 e. The molecule has 0 saturated carbocycles. The first-order valence-electron chi connectivity index (χ1n) is 4.14. The molecule has 0 fully saturated rings. The van der Waals surface area contributed by atoms with Gasteiger partial charge in [-0.2, -0.15) is 35.1 Å². The quantitative estimate of drug-likeness (QED) is 0.528. The Bertz CT molecular complexity index is 339. The minimum absolute atomic E-state index is 0.514. The molecule has 116 valence electrons. The van der Waals surface area contributed by atoms with Gasteiger partial charge in [0, 0.05) is 13.8 Å². The first-order chi connectivity index (χ1) is 7.91. The molecule has 0 atom stereocenters. The molecule has 0 aromatic carbocycles. The van der Waals surface area contributed by atoms with E-state index < -0.39 is 45.8 Å². The molecule has 0 bridgehead atoms. The molecule has 13 heteroatoms. The van der Waals surface area contributed by atoms with E-state index in [1.165, 1.54) is 0 Å². The monoisotopic (exact) mass is 328 g/mol. The third-order valence-electron chi connectivity index (χ3n) is 1.47. The molecule has 0 aromatic heterocycles. The Morgan fingerprint density at radius 2 is 0.947 bits per heavy atom. The molecule has 0 aromatic rings. The summed E-state index contributed by atoms with van der Waals surface area (Å²) in [6.07, 6.45) is -11.6. The number of halogens is 9. The first kappa shape index (κ1) is 18.5. The molecule has 0 aliphatic heterocycles. The van der Waals surface area contributed by atoms with Crippen LogP contribution in [0.15, 0.2) is 0 Å². The minimum Gasteiger partial charge on any atom is -0.223 e. The van der Waals surface area contributed by atoms with Gasteiger partial charge in [-0.3, -0.25) is 0 Å². The molecule has 0 spiro atoms. The first-order valence-corrected chi connectivity index (χ1v) is 5.57. The predicted octanol–water partition coefficient (Wildman–Crippen LogP) is 4.59. The zero-order chi connectivity index (χ0) is 15.9. The molecule has 0 aliphatic carbocycles. The van der Waals surface area contributed by atoms with Crippen LogP contribution in [-0.2, 0) is 13.6 Å². The zero-order valence-electron chi connectivity index (χ0n) is 9.07. The summed E-state index contributed by atoms with van der Waals surface area (Å²) in [4.78, 5) is 0. The fraction of sp³-hybridized carbons (Fsp3) is 1.00. The highest BCUT2D eigenvalue weighted by Crippen LogP contribution is 2.61. The Kier molecular flexibility index (Phi) is 4.69. The summed E-state index contributed by atoms with van der Waals surface area (Å²) in [5, 5.41) is 0. The highest BCUT2D eigenvalue weighted by Gasteiger charge is 2.63. The van der Waals surface area contributed by atoms with Crippen LogP contribution in [0.5, 0.6) is 0 Å². The molecular weight excluding hydrogens is 322 g/mol. The lowest BCUT2D eigenvalue weighted by Crippen LogP contribution is -2.42. The summed E-state index contributed by atoms with van der Waals surface area (Å²) >= 11 is 0. The SMILES string of the molecule is CC(F)(F)C(F)(F)OP(=O)(F)OC(F)(F)C(C)(F)F. The average molecular weight is 328 g/mol. The van der Waals surface area contributed by atoms with E-state index in [1.54, 1.807) is 0 Å². The van der Waals surface area contributed by atoms with Gasteiger partial charge in [0.1, 0.15) is 0 Å². The molecule has 0 unspecified atom stereocenters. The Hall–Kier alpha value is -0.480. The van der Waals surface area contributed by atoms with Crippen molar-refractivity contribution < 1.29 is 52.9 Å². The number of rotatable bonds is 6. The standard InChI is InChI=1S/C6H6F9O3P/c1-3(7,8)5(11,12)17-19(15,16)18-6(13,14)4(2,9)10/h1-2H3. The van der Waals surface area contributed by atoms with E-state index in [4.69, 9.17) is 0 Å². The lowest BCUT2D eigenvalue weighted by Gasteiger charge is -2.27. The fourth-order valence-corrected chi connectivity index (χ4v) is 1.36. The van der Waals surface area contributed by atoms with Gasteiger partial charge in [0.15, 0.2) is 0 Å². The second kappa shape index (κ2) is 4.81. The summed E-state index contributed by atoms with van der Waals surface area (Å²) < 4.78 is 126. The number of hydrogen-bond donors (Lipinski definition) is 0. The Morgan fingerprint density at radius 1 is 0.737 bits per heavy atom. The summed E-state index contributed by atoms with van der Waals surface area (Å²) in [7, 11) is -7.09. The van der Waals surface area contributed by atoms with Crippen LogP contribution < -0.4 is 0 Å². The van der Waals surface area contributed by atoms with Gasteiger partial charge in [-0.1, -0.05) is 0 Å². The van der Waals surface area contributed by atoms with Gasteiger partial charge in [0.2, 0.25) is 0 Å². The average Bonchev–Trinajstić information content (AvgIpc) is 1.93. The van der Waals surface area contributed by atoms with Crippen molar-refractivity contribution in [2.75, 3.05) is 0 Å². The van der Waals surface area contributed by atoms with Crippen LogP contribution in [0.3, 0.4) is 0 Å². The topological polar surface area (TPSA) is 35.5 Å². The van der Waals surface area contributed by atoms with E-state index in [9.17, 15) is 43.9 Å². The van der Waals surface area contributed by atoms with Gasteiger partial charge in [-0.05, 0) is 0 Å². The van der Waals surface area contributed by atoms with Crippen LogP contribution in [0.2, 0.25) is 0 Å². The lowest BCUT2D eigenvalue weighted by atomic mass is 10.4. The second-order valence-corrected chi connectivity index (χ2v) is 4.65. The Morgan fingerprint density at radius 3 is 1.11 bits per heavy atom. The third kappa shape index (κ3) is 4.84. The van der Waals surface area contributed by atoms with Gasteiger partial charge in [0.25, 0.3) is 0 Å². The van der Waals surface area contributed by atoms with E-state index in [0.717, 1.165) is 0 Å². The highest BCUT2D eigenvalue weighted by atomic mass is 31.2. The van der Waals surface area contributed by atoms with Crippen molar-refractivity contribution in [3.63, 3.8) is 0 Å². The molecule has 0 rings (SSSR count). The van der Waals surface area contributed by atoms with Crippen molar-refractivity contribution in [3.05, 3.63) is 0 Å². The maximum atomic E-state index is 12.6. The van der Waals surface area contributed by atoms with Crippen molar-refractivity contribution >= 4 is 7.91 Å². The smallest absolute Gasteiger partial charge is 0.223 e. The number of alkyl halides is 8. The van der Waals surface area contributed by atoms with E-state index >= 15 is 0 Å². The Balaban J connectivity index is 5.10. The molecule has 3 nitrogen and oxygen atoms in total. The summed E-state index contributed by atoms with van der Waals surface area (Å²) in [6.45, 7) is -1.03. The summed E-state index contributed by atoms with van der Waals surface area (Å²) in [5.41, 5.74) is 0. The van der Waals surface area contributed by atoms with Crippen molar-refractivity contribution in [2.45, 2.75) is 37.9 Å². The van der Waals surface area contributed by atoms with Crippen molar-refractivity contribution in [1.82, 2.24) is 0 Å². The van der Waals surface area contributed by atoms with Crippen molar-refractivity contribution in [1.29, 1.82) is 0 Å². The largest absolute Gasteiger partial charge is 0.523 e. The van der Waals surface area contributed by atoms with Crippen LogP contribution in [-0.4, -0.2) is 24.1 Å². The lowest BCUT2D eigenvalue weighted by molar-refractivity contribution is -0.331. The van der Waals surface area contributed by atoms with Gasteiger partial charge in [-0.15, -0.1) is 4.20 Å². The van der Waals surface area contributed by atoms with Crippen molar-refractivity contribution in [2.24, 2.45) is 0 Å². The zero-order valence-corrected chi connectivity index (χ0v) is 9.97. The molecule has 0 radical (unpaired) electrons. The normalized spacial score (nSPS) is 15.7. The van der Waals surface area contributed by atoms with Gasteiger partial charge < -0.3 is 0 Å². The van der Waals surface area contributed by atoms with Crippen LogP contribution >= 0.6 is 7.91 Å². The van der Waals surface area contributed by atoms with Crippen LogP contribution in [0, 0.1) is 0 Å². The molecule has 0 N–H and O–H groups in total. The fourth-order valence-electron chi connectivity index (χ4n) is 0.453. The summed E-state index contributed by atoms with van der Waals surface area (Å²) in [5.74, 6) is -10.2. The van der Waals surface area contributed by atoms with Crippen LogP contribution in [0.1, 0.15) is 13.8 Å². The minimum atomic E-state index is -7.09. The molecule has 0 heterocycles.